The molecule has 190 valence electrons. The molecular formula is C28H22ClN5O4. The third kappa shape index (κ3) is 3.79. The van der Waals surface area contributed by atoms with E-state index < -0.39 is 23.3 Å². The second-order valence-corrected chi connectivity index (χ2v) is 9.51. The van der Waals surface area contributed by atoms with Crippen molar-refractivity contribution in [2.24, 2.45) is 12.8 Å². The maximum Gasteiger partial charge on any atom is 0.297 e. The number of amides is 1. The number of para-hydroxylation sites is 2. The van der Waals surface area contributed by atoms with Gasteiger partial charge in [-0.2, -0.15) is 0 Å². The Kier molecular flexibility index (Phi) is 5.65. The Bertz CT molecular complexity index is 1760. The van der Waals surface area contributed by atoms with Crippen molar-refractivity contribution in [3.8, 4) is 17.3 Å². The number of halogens is 1. The number of carbonyl (C=O) groups excluding carboxylic acids is 1. The predicted octanol–water partition coefficient (Wildman–Crippen LogP) is 4.20. The zero-order valence-electron chi connectivity index (χ0n) is 20.3. The van der Waals surface area contributed by atoms with Gasteiger partial charge in [-0.3, -0.25) is 14.2 Å². The first kappa shape index (κ1) is 23.7. The summed E-state index contributed by atoms with van der Waals surface area (Å²) >= 11 is 6.67. The fourth-order valence-electron chi connectivity index (χ4n) is 4.99. The Balaban J connectivity index is 1.56. The monoisotopic (exact) mass is 527 g/mol. The van der Waals surface area contributed by atoms with Gasteiger partial charge in [0, 0.05) is 24.2 Å². The summed E-state index contributed by atoms with van der Waals surface area (Å²) in [6.07, 6.45) is 0.562. The van der Waals surface area contributed by atoms with E-state index in [4.69, 9.17) is 26.7 Å². The van der Waals surface area contributed by atoms with Crippen LogP contribution in [0.15, 0.2) is 75.9 Å². The standard InChI is InChI=1S/C28H22ClN5O4/c1-33-27(37)24(35)22(26-31-20-8-4-5-9-21(20)38-26)32-28(33)34-13-12-15-14-16(25(30)36)10-11-17(15)23(34)18-6-2-3-7-19(18)29/h2-11,14,23,35H,12-13H2,1H3,(H2,30,36)/t23-/m1/s1. The molecule has 0 fully saturated rings. The largest absolute Gasteiger partial charge is 0.501 e. The van der Waals surface area contributed by atoms with Gasteiger partial charge in [-0.1, -0.05) is 48.0 Å². The van der Waals surface area contributed by atoms with Gasteiger partial charge in [0.15, 0.2) is 11.3 Å². The van der Waals surface area contributed by atoms with Crippen molar-refractivity contribution in [1.82, 2.24) is 14.5 Å². The summed E-state index contributed by atoms with van der Waals surface area (Å²) < 4.78 is 7.13. The molecule has 10 heteroatoms. The fourth-order valence-corrected chi connectivity index (χ4v) is 5.23. The average Bonchev–Trinajstić information content (AvgIpc) is 3.35. The van der Waals surface area contributed by atoms with Crippen LogP contribution < -0.4 is 16.2 Å². The molecule has 6 rings (SSSR count). The Morgan fingerprint density at radius 3 is 2.61 bits per heavy atom. The van der Waals surface area contributed by atoms with Crippen LogP contribution in [0.2, 0.25) is 5.02 Å². The highest BCUT2D eigenvalue weighted by atomic mass is 35.5. The third-order valence-corrected chi connectivity index (χ3v) is 7.20. The molecule has 1 atom stereocenters. The lowest BCUT2D eigenvalue weighted by Crippen LogP contribution is -2.40. The zero-order chi connectivity index (χ0) is 26.6. The maximum absolute atomic E-state index is 13.2. The van der Waals surface area contributed by atoms with Crippen LogP contribution in [0, 0.1) is 0 Å². The predicted molar refractivity (Wildman–Crippen MR) is 143 cm³/mol. The van der Waals surface area contributed by atoms with Crippen molar-refractivity contribution in [1.29, 1.82) is 0 Å². The van der Waals surface area contributed by atoms with Gasteiger partial charge in [0.05, 0.1) is 6.04 Å². The number of nitrogens with zero attached hydrogens (tertiary/aromatic N) is 4. The van der Waals surface area contributed by atoms with E-state index >= 15 is 0 Å². The number of aromatic hydroxyl groups is 1. The topological polar surface area (TPSA) is 127 Å². The van der Waals surface area contributed by atoms with Gasteiger partial charge >= 0.3 is 0 Å². The van der Waals surface area contributed by atoms with Crippen LogP contribution in [-0.2, 0) is 13.5 Å². The summed E-state index contributed by atoms with van der Waals surface area (Å²) in [7, 11) is 1.55. The molecule has 1 amide bonds. The SMILES string of the molecule is Cn1c(N2CCc3cc(C(N)=O)ccc3[C@@H]2c2ccccc2Cl)nc(-c2nc3ccccc3o2)c(O)c1=O. The molecule has 9 nitrogen and oxygen atoms in total. The smallest absolute Gasteiger partial charge is 0.297 e. The van der Waals surface area contributed by atoms with Gasteiger partial charge in [0.2, 0.25) is 17.6 Å². The zero-order valence-corrected chi connectivity index (χ0v) is 21.0. The van der Waals surface area contributed by atoms with Gasteiger partial charge in [0.25, 0.3) is 11.4 Å². The highest BCUT2D eigenvalue weighted by molar-refractivity contribution is 6.31. The molecule has 0 unspecified atom stereocenters. The molecule has 0 saturated heterocycles. The van der Waals surface area contributed by atoms with Crippen molar-refractivity contribution in [2.45, 2.75) is 12.5 Å². The molecule has 0 aliphatic carbocycles. The van der Waals surface area contributed by atoms with Crippen molar-refractivity contribution in [2.75, 3.05) is 11.4 Å². The van der Waals surface area contributed by atoms with Crippen LogP contribution in [0.25, 0.3) is 22.7 Å². The lowest BCUT2D eigenvalue weighted by atomic mass is 9.87. The molecule has 0 radical (unpaired) electrons. The number of hydrogen-bond donors (Lipinski definition) is 2. The van der Waals surface area contributed by atoms with Crippen LogP contribution in [0.4, 0.5) is 5.95 Å². The molecule has 0 saturated carbocycles. The summed E-state index contributed by atoms with van der Waals surface area (Å²) in [6, 6.07) is 19.5. The van der Waals surface area contributed by atoms with Crippen molar-refractivity contribution >= 4 is 34.6 Å². The van der Waals surface area contributed by atoms with Crippen LogP contribution >= 0.6 is 11.6 Å². The summed E-state index contributed by atoms with van der Waals surface area (Å²) in [4.78, 5) is 36.2. The van der Waals surface area contributed by atoms with Gasteiger partial charge in [0.1, 0.15) is 5.52 Å². The molecule has 0 bridgehead atoms. The molecule has 3 N–H and O–H groups in total. The fraction of sp³-hybridized carbons (Fsp3) is 0.143. The van der Waals surface area contributed by atoms with Crippen LogP contribution in [0.3, 0.4) is 0 Å². The summed E-state index contributed by atoms with van der Waals surface area (Å²) in [6.45, 7) is 0.448. The number of fused-ring (bicyclic) bond motifs is 2. The molecule has 0 spiro atoms. The second kappa shape index (κ2) is 9.04. The van der Waals surface area contributed by atoms with E-state index in [0.29, 0.717) is 40.6 Å². The second-order valence-electron chi connectivity index (χ2n) is 9.11. The Labute approximate surface area is 221 Å². The van der Waals surface area contributed by atoms with Crippen LogP contribution in [0.1, 0.15) is 33.1 Å². The minimum absolute atomic E-state index is 0.0421. The van der Waals surface area contributed by atoms with E-state index in [1.807, 2.05) is 41.3 Å². The third-order valence-electron chi connectivity index (χ3n) is 6.85. The first-order valence-corrected chi connectivity index (χ1v) is 12.3. The number of carbonyl (C=O) groups is 1. The maximum atomic E-state index is 13.2. The van der Waals surface area contributed by atoms with Gasteiger partial charge < -0.3 is 20.2 Å². The summed E-state index contributed by atoms with van der Waals surface area (Å²) in [5, 5.41) is 11.3. The minimum atomic E-state index is -0.639. The Hall–Kier alpha value is -4.63. The molecule has 3 aromatic carbocycles. The normalized spacial score (nSPS) is 15.0. The van der Waals surface area contributed by atoms with Gasteiger partial charge in [-0.05, 0) is 53.4 Å². The number of hydrogen-bond acceptors (Lipinski definition) is 7. The summed E-state index contributed by atoms with van der Waals surface area (Å²) in [5.41, 5.74) is 9.00. The quantitative estimate of drug-likeness (QED) is 0.358. The lowest BCUT2D eigenvalue weighted by Gasteiger charge is -2.39. The van der Waals surface area contributed by atoms with Gasteiger partial charge in [-0.25, -0.2) is 9.97 Å². The number of primary amides is 1. The Morgan fingerprint density at radius 1 is 1.08 bits per heavy atom. The van der Waals surface area contributed by atoms with Crippen LogP contribution in [0.5, 0.6) is 5.75 Å². The first-order valence-electron chi connectivity index (χ1n) is 11.9. The van der Waals surface area contributed by atoms with E-state index in [0.717, 1.165) is 16.7 Å². The first-order chi connectivity index (χ1) is 18.3. The molecule has 3 heterocycles. The lowest BCUT2D eigenvalue weighted by molar-refractivity contribution is 0.1000. The summed E-state index contributed by atoms with van der Waals surface area (Å²) in [5.74, 6) is -0.712. The van der Waals surface area contributed by atoms with E-state index in [2.05, 4.69) is 4.98 Å². The highest BCUT2D eigenvalue weighted by Gasteiger charge is 2.34. The average molecular weight is 528 g/mol. The number of aromatic nitrogens is 3. The Morgan fingerprint density at radius 2 is 1.84 bits per heavy atom. The van der Waals surface area contributed by atoms with Gasteiger partial charge in [-0.15, -0.1) is 0 Å². The number of anilines is 1. The van der Waals surface area contributed by atoms with Crippen molar-refractivity contribution < 1.29 is 14.3 Å². The number of oxazole rings is 1. The number of rotatable bonds is 4. The molecule has 1 aliphatic rings. The van der Waals surface area contributed by atoms with E-state index in [9.17, 15) is 14.7 Å². The van der Waals surface area contributed by atoms with Crippen molar-refractivity contribution in [3.05, 3.63) is 104 Å². The van der Waals surface area contributed by atoms with E-state index in [1.165, 1.54) is 4.57 Å². The molecule has 5 aromatic rings. The van der Waals surface area contributed by atoms with Crippen LogP contribution in [-0.4, -0.2) is 32.1 Å². The molecular weight excluding hydrogens is 506 g/mol. The number of nitrogens with two attached hydrogens (primary N) is 1. The highest BCUT2D eigenvalue weighted by Crippen LogP contribution is 2.41. The van der Waals surface area contributed by atoms with Crippen molar-refractivity contribution in [3.63, 3.8) is 0 Å². The number of benzene rings is 3. The van der Waals surface area contributed by atoms with E-state index in [1.54, 1.807) is 37.4 Å². The molecule has 2 aromatic heterocycles. The van der Waals surface area contributed by atoms with E-state index in [-0.39, 0.29) is 11.6 Å². The molecule has 1 aliphatic heterocycles. The molecule has 38 heavy (non-hydrogen) atoms. The minimum Gasteiger partial charge on any atom is -0.501 e.